The van der Waals surface area contributed by atoms with E-state index >= 15 is 0 Å². The van der Waals surface area contributed by atoms with Crippen LogP contribution >= 0.6 is 11.3 Å². The van der Waals surface area contributed by atoms with Crippen LogP contribution in [0.1, 0.15) is 84.0 Å². The van der Waals surface area contributed by atoms with Crippen molar-refractivity contribution < 1.29 is 22.8 Å². The van der Waals surface area contributed by atoms with Gasteiger partial charge >= 0.3 is 6.03 Å². The maximum atomic E-state index is 13.7. The van der Waals surface area contributed by atoms with Crippen LogP contribution in [-0.4, -0.2) is 73.6 Å². The van der Waals surface area contributed by atoms with E-state index in [0.29, 0.717) is 13.0 Å². The number of thiophene rings is 1. The van der Waals surface area contributed by atoms with Crippen LogP contribution in [0.2, 0.25) is 0 Å². The molecule has 3 aliphatic rings. The Bertz CT molecular complexity index is 1150. The molecular formula is C29H44N4O5S2. The number of likely N-dealkylation sites (N-methyl/N-ethyl adjacent to an activating group) is 1. The van der Waals surface area contributed by atoms with Crippen molar-refractivity contribution >= 4 is 39.1 Å². The van der Waals surface area contributed by atoms with Gasteiger partial charge in [-0.15, -0.1) is 11.3 Å². The number of Topliss-reactive ketones (excluding diaryl/α,β-unsaturated/α-hetero) is 1. The lowest BCUT2D eigenvalue weighted by atomic mass is 9.84. The van der Waals surface area contributed by atoms with Gasteiger partial charge < -0.3 is 15.5 Å². The smallest absolute Gasteiger partial charge is 0.315 e. The van der Waals surface area contributed by atoms with Crippen molar-refractivity contribution in [1.29, 1.82) is 0 Å². The predicted octanol–water partition coefficient (Wildman–Crippen LogP) is 4.46. The van der Waals surface area contributed by atoms with Crippen molar-refractivity contribution in [2.75, 3.05) is 20.1 Å². The molecule has 2 heterocycles. The highest BCUT2D eigenvalue weighted by Gasteiger charge is 2.36. The first-order chi connectivity index (χ1) is 19.2. The van der Waals surface area contributed by atoms with E-state index in [2.05, 4.69) is 10.6 Å². The van der Waals surface area contributed by atoms with Gasteiger partial charge in [-0.05, 0) is 75.7 Å². The van der Waals surface area contributed by atoms with Gasteiger partial charge in [-0.2, -0.15) is 4.31 Å². The average molecular weight is 593 g/mol. The zero-order valence-electron chi connectivity index (χ0n) is 23.8. The van der Waals surface area contributed by atoms with Crippen LogP contribution in [-0.2, 0) is 19.6 Å². The monoisotopic (exact) mass is 592 g/mol. The Balaban J connectivity index is 1.51. The Morgan fingerprint density at radius 1 is 1.05 bits per heavy atom. The molecule has 0 radical (unpaired) electrons. The quantitative estimate of drug-likeness (QED) is 0.390. The Morgan fingerprint density at radius 3 is 2.40 bits per heavy atom. The van der Waals surface area contributed by atoms with Gasteiger partial charge in [0.25, 0.3) is 10.0 Å². The molecule has 2 N–H and O–H groups in total. The van der Waals surface area contributed by atoms with Crippen molar-refractivity contribution in [2.24, 2.45) is 5.92 Å². The van der Waals surface area contributed by atoms with E-state index in [1.807, 2.05) is 6.08 Å². The largest absolute Gasteiger partial charge is 0.334 e. The predicted molar refractivity (Wildman–Crippen MR) is 157 cm³/mol. The van der Waals surface area contributed by atoms with Gasteiger partial charge in [-0.3, -0.25) is 9.59 Å². The summed E-state index contributed by atoms with van der Waals surface area (Å²) < 4.78 is 27.9. The summed E-state index contributed by atoms with van der Waals surface area (Å²) in [6.45, 7) is 2.17. The molecule has 0 bridgehead atoms. The van der Waals surface area contributed by atoms with Crippen LogP contribution in [0.15, 0.2) is 33.4 Å². The molecular weight excluding hydrogens is 548 g/mol. The number of carbonyl (C=O) groups is 3. The number of nitrogens with one attached hydrogen (secondary N) is 2. The Kier molecular flexibility index (Phi) is 10.8. The fourth-order valence-corrected chi connectivity index (χ4v) is 8.75. The van der Waals surface area contributed by atoms with Crippen molar-refractivity contribution in [3.05, 3.63) is 29.2 Å². The summed E-state index contributed by atoms with van der Waals surface area (Å²) in [6.07, 6.45) is 13.4. The van der Waals surface area contributed by atoms with Crippen LogP contribution in [0.3, 0.4) is 0 Å². The minimum absolute atomic E-state index is 0.0354. The third-order valence-electron chi connectivity index (χ3n) is 8.60. The van der Waals surface area contributed by atoms with Crippen molar-refractivity contribution in [1.82, 2.24) is 19.8 Å². The first-order valence-corrected chi connectivity index (χ1v) is 17.1. The molecule has 2 saturated carbocycles. The van der Waals surface area contributed by atoms with Crippen molar-refractivity contribution in [3.8, 4) is 0 Å². The van der Waals surface area contributed by atoms with E-state index in [1.165, 1.54) is 22.6 Å². The first-order valence-electron chi connectivity index (χ1n) is 14.7. The van der Waals surface area contributed by atoms with Crippen LogP contribution in [0.5, 0.6) is 0 Å². The molecule has 11 heteroatoms. The minimum atomic E-state index is -3.67. The zero-order valence-corrected chi connectivity index (χ0v) is 25.4. The summed E-state index contributed by atoms with van der Waals surface area (Å²) in [7, 11) is -2.11. The molecule has 2 unspecified atom stereocenters. The molecule has 1 saturated heterocycles. The van der Waals surface area contributed by atoms with E-state index in [1.54, 1.807) is 29.5 Å². The molecule has 0 aromatic carbocycles. The van der Waals surface area contributed by atoms with Crippen LogP contribution in [0.25, 0.3) is 0 Å². The minimum Gasteiger partial charge on any atom is -0.334 e. The highest BCUT2D eigenvalue weighted by atomic mass is 32.2. The third-order valence-corrected chi connectivity index (χ3v) is 11.8. The molecule has 1 aromatic rings. The third kappa shape index (κ3) is 7.73. The second-order valence-electron chi connectivity index (χ2n) is 11.5. The molecule has 3 amide bonds. The number of hydrogen-bond acceptors (Lipinski definition) is 6. The maximum absolute atomic E-state index is 13.7. The highest BCUT2D eigenvalue weighted by molar-refractivity contribution is 7.91. The maximum Gasteiger partial charge on any atom is 0.315 e. The summed E-state index contributed by atoms with van der Waals surface area (Å²) in [4.78, 5) is 41.0. The Morgan fingerprint density at radius 2 is 1.75 bits per heavy atom. The van der Waals surface area contributed by atoms with E-state index in [4.69, 9.17) is 0 Å². The SMILES string of the molecule is CC(=O)[C@@H]1CCCN1C(=O)C(C=C1CCCCC1)NC(=O)NC(CN(C)S(=O)(=O)c1cccs1)C1CCCCC1. The molecule has 4 rings (SSSR count). The van der Waals surface area contributed by atoms with E-state index in [9.17, 15) is 22.8 Å². The van der Waals surface area contributed by atoms with Gasteiger partial charge in [0.15, 0.2) is 5.78 Å². The van der Waals surface area contributed by atoms with Crippen LogP contribution in [0.4, 0.5) is 4.79 Å². The van der Waals surface area contributed by atoms with Gasteiger partial charge in [-0.1, -0.05) is 43.4 Å². The van der Waals surface area contributed by atoms with Crippen LogP contribution < -0.4 is 10.6 Å². The van der Waals surface area contributed by atoms with E-state index in [-0.39, 0.29) is 28.4 Å². The van der Waals surface area contributed by atoms with Crippen molar-refractivity contribution in [2.45, 2.75) is 106 Å². The molecule has 222 valence electrons. The molecule has 9 nitrogen and oxygen atoms in total. The van der Waals surface area contributed by atoms with Gasteiger partial charge in [0.1, 0.15) is 10.3 Å². The molecule has 3 atom stereocenters. The van der Waals surface area contributed by atoms with Gasteiger partial charge in [-0.25, -0.2) is 13.2 Å². The normalized spacial score (nSPS) is 22.1. The van der Waals surface area contributed by atoms with E-state index in [0.717, 1.165) is 76.2 Å². The molecule has 2 aliphatic carbocycles. The lowest BCUT2D eigenvalue weighted by Crippen LogP contribution is -2.56. The second-order valence-corrected chi connectivity index (χ2v) is 14.7. The first kappa shape index (κ1) is 30.7. The summed E-state index contributed by atoms with van der Waals surface area (Å²) in [6, 6.07) is 1.11. The Hall–Kier alpha value is -2.24. The lowest BCUT2D eigenvalue weighted by Gasteiger charge is -2.34. The number of ketones is 1. The number of urea groups is 1. The number of nitrogens with zero attached hydrogens (tertiary/aromatic N) is 2. The summed E-state index contributed by atoms with van der Waals surface area (Å²) in [5.41, 5.74) is 1.16. The number of rotatable bonds is 10. The number of carbonyl (C=O) groups excluding carboxylic acids is 3. The fraction of sp³-hybridized carbons (Fsp3) is 0.690. The summed E-state index contributed by atoms with van der Waals surface area (Å²) in [5, 5.41) is 7.71. The lowest BCUT2D eigenvalue weighted by molar-refractivity contribution is -0.137. The molecule has 0 spiro atoms. The van der Waals surface area contributed by atoms with Gasteiger partial charge in [0.2, 0.25) is 5.91 Å². The number of amides is 3. The number of allylic oxidation sites excluding steroid dienone is 1. The number of likely N-dealkylation sites (tertiary alicyclic amines) is 1. The van der Waals surface area contributed by atoms with Crippen molar-refractivity contribution in [3.63, 3.8) is 0 Å². The molecule has 1 aromatic heterocycles. The zero-order chi connectivity index (χ0) is 28.7. The summed E-state index contributed by atoms with van der Waals surface area (Å²) >= 11 is 1.18. The van der Waals surface area contributed by atoms with E-state index < -0.39 is 34.2 Å². The number of hydrogen-bond donors (Lipinski definition) is 2. The van der Waals surface area contributed by atoms with Gasteiger partial charge in [0, 0.05) is 26.2 Å². The fourth-order valence-electron chi connectivity index (χ4n) is 6.35. The van der Waals surface area contributed by atoms with Gasteiger partial charge in [0.05, 0.1) is 6.04 Å². The second kappa shape index (κ2) is 14.1. The number of sulfonamides is 1. The Labute approximate surface area is 242 Å². The van der Waals surface area contributed by atoms with Crippen LogP contribution in [0, 0.1) is 5.92 Å². The molecule has 3 fully saturated rings. The topological polar surface area (TPSA) is 116 Å². The average Bonchev–Trinajstić information content (AvgIpc) is 3.66. The highest BCUT2D eigenvalue weighted by Crippen LogP contribution is 2.29. The molecule has 1 aliphatic heterocycles. The molecule has 40 heavy (non-hydrogen) atoms. The summed E-state index contributed by atoms with van der Waals surface area (Å²) in [5.74, 6) is -0.142. The standard InChI is InChI=1S/C29H44N4O5S2/c1-21(34)26-15-9-17-33(26)28(35)24(19-22-11-5-3-6-12-22)30-29(36)31-25(23-13-7-4-8-14-23)20-32(2)40(37,38)27-16-10-18-39-27/h10,16,18-19,23-26H,3-9,11-15,17,20H2,1-2H3,(H2,30,31,36)/t24?,25?,26-/m0/s1.